The Bertz CT molecular complexity index is 542. The standard InChI is InChI=1S/C14H18F2N2O3/c1-14(2,3)18(8-12(19)20)13(21)17-7-9-4-5-10(15)6-11(9)16/h4-6H,7-8H2,1-3H3,(H,17,21)(H,19,20). The molecule has 0 spiro atoms. The average molecular weight is 300 g/mol. The number of nitrogens with one attached hydrogen (secondary N) is 1. The molecule has 0 aliphatic rings. The molecule has 116 valence electrons. The maximum atomic E-state index is 13.4. The first kappa shape index (κ1) is 16.9. The van der Waals surface area contributed by atoms with E-state index < -0.39 is 35.7 Å². The summed E-state index contributed by atoms with van der Waals surface area (Å²) in [6.07, 6.45) is 0. The second kappa shape index (κ2) is 6.51. The lowest BCUT2D eigenvalue weighted by molar-refractivity contribution is -0.138. The van der Waals surface area contributed by atoms with Crippen LogP contribution < -0.4 is 5.32 Å². The lowest BCUT2D eigenvalue weighted by Gasteiger charge is -2.34. The van der Waals surface area contributed by atoms with Gasteiger partial charge in [0.1, 0.15) is 18.2 Å². The highest BCUT2D eigenvalue weighted by atomic mass is 19.1. The predicted molar refractivity (Wildman–Crippen MR) is 72.7 cm³/mol. The van der Waals surface area contributed by atoms with Gasteiger partial charge >= 0.3 is 12.0 Å². The van der Waals surface area contributed by atoms with E-state index in [1.165, 1.54) is 6.07 Å². The van der Waals surface area contributed by atoms with Crippen molar-refractivity contribution in [2.24, 2.45) is 0 Å². The molecule has 0 unspecified atom stereocenters. The summed E-state index contributed by atoms with van der Waals surface area (Å²) in [5, 5.41) is 11.3. The van der Waals surface area contributed by atoms with Crippen molar-refractivity contribution >= 4 is 12.0 Å². The largest absolute Gasteiger partial charge is 0.480 e. The van der Waals surface area contributed by atoms with Crippen LogP contribution in [0.15, 0.2) is 18.2 Å². The van der Waals surface area contributed by atoms with Crippen molar-refractivity contribution in [3.8, 4) is 0 Å². The van der Waals surface area contributed by atoms with Gasteiger partial charge in [-0.1, -0.05) is 6.07 Å². The number of carboxylic acid groups (broad SMARTS) is 1. The molecule has 0 atom stereocenters. The Kier molecular flexibility index (Phi) is 5.23. The lowest BCUT2D eigenvalue weighted by atomic mass is 10.1. The minimum Gasteiger partial charge on any atom is -0.480 e. The number of nitrogens with zero attached hydrogens (tertiary/aromatic N) is 1. The molecule has 2 N–H and O–H groups in total. The number of benzene rings is 1. The Morgan fingerprint density at radius 1 is 1.29 bits per heavy atom. The Morgan fingerprint density at radius 2 is 1.90 bits per heavy atom. The third-order valence-electron chi connectivity index (χ3n) is 2.79. The van der Waals surface area contributed by atoms with Crippen LogP contribution in [0.4, 0.5) is 13.6 Å². The Balaban J connectivity index is 2.76. The molecule has 1 rings (SSSR count). The van der Waals surface area contributed by atoms with E-state index in [4.69, 9.17) is 5.11 Å². The molecule has 21 heavy (non-hydrogen) atoms. The van der Waals surface area contributed by atoms with E-state index in [9.17, 15) is 18.4 Å². The molecule has 2 amide bonds. The molecule has 0 radical (unpaired) electrons. The summed E-state index contributed by atoms with van der Waals surface area (Å²) in [6.45, 7) is 4.44. The van der Waals surface area contributed by atoms with Crippen molar-refractivity contribution in [2.75, 3.05) is 6.54 Å². The summed E-state index contributed by atoms with van der Waals surface area (Å²) < 4.78 is 26.2. The smallest absolute Gasteiger partial charge is 0.323 e. The molecule has 0 aliphatic carbocycles. The fraction of sp³-hybridized carbons (Fsp3) is 0.429. The van der Waals surface area contributed by atoms with Gasteiger partial charge in [0.2, 0.25) is 0 Å². The monoisotopic (exact) mass is 300 g/mol. The molecular weight excluding hydrogens is 282 g/mol. The number of hydrogen-bond donors (Lipinski definition) is 2. The molecule has 0 fully saturated rings. The second-order valence-corrected chi connectivity index (χ2v) is 5.55. The van der Waals surface area contributed by atoms with E-state index >= 15 is 0 Å². The van der Waals surface area contributed by atoms with E-state index in [1.807, 2.05) is 0 Å². The number of rotatable bonds is 4. The molecule has 0 saturated carbocycles. The van der Waals surface area contributed by atoms with Crippen LogP contribution in [-0.4, -0.2) is 34.1 Å². The molecule has 0 bridgehead atoms. The first-order chi connectivity index (χ1) is 9.61. The van der Waals surface area contributed by atoms with E-state index in [-0.39, 0.29) is 12.1 Å². The first-order valence-electron chi connectivity index (χ1n) is 6.32. The van der Waals surface area contributed by atoms with Crippen LogP contribution in [0, 0.1) is 11.6 Å². The van der Waals surface area contributed by atoms with Crippen molar-refractivity contribution in [3.05, 3.63) is 35.4 Å². The van der Waals surface area contributed by atoms with Crippen molar-refractivity contribution in [3.63, 3.8) is 0 Å². The van der Waals surface area contributed by atoms with Gasteiger partial charge < -0.3 is 15.3 Å². The molecule has 0 heterocycles. The average Bonchev–Trinajstić information content (AvgIpc) is 2.33. The van der Waals surface area contributed by atoms with Crippen molar-refractivity contribution < 1.29 is 23.5 Å². The summed E-state index contributed by atoms with van der Waals surface area (Å²) >= 11 is 0. The zero-order valence-corrected chi connectivity index (χ0v) is 12.1. The molecule has 0 saturated heterocycles. The highest BCUT2D eigenvalue weighted by molar-refractivity contribution is 5.80. The molecule has 1 aromatic rings. The quantitative estimate of drug-likeness (QED) is 0.897. The minimum atomic E-state index is -1.15. The van der Waals surface area contributed by atoms with Crippen LogP contribution >= 0.6 is 0 Å². The lowest BCUT2D eigenvalue weighted by Crippen LogP contribution is -2.52. The number of halogens is 2. The molecule has 7 heteroatoms. The fourth-order valence-corrected chi connectivity index (χ4v) is 1.68. The Labute approximate surface area is 121 Å². The van der Waals surface area contributed by atoms with Gasteiger partial charge in [-0.2, -0.15) is 0 Å². The number of carboxylic acids is 1. The third kappa shape index (κ3) is 5.02. The zero-order valence-electron chi connectivity index (χ0n) is 12.1. The predicted octanol–water partition coefficient (Wildman–Crippen LogP) is 2.36. The third-order valence-corrected chi connectivity index (χ3v) is 2.79. The van der Waals surface area contributed by atoms with Crippen molar-refractivity contribution in [2.45, 2.75) is 32.9 Å². The normalized spacial score (nSPS) is 11.1. The Morgan fingerprint density at radius 3 is 2.38 bits per heavy atom. The SMILES string of the molecule is CC(C)(C)N(CC(=O)O)C(=O)NCc1ccc(F)cc1F. The summed E-state index contributed by atoms with van der Waals surface area (Å²) in [5.74, 6) is -2.62. The van der Waals surface area contributed by atoms with E-state index in [0.717, 1.165) is 17.0 Å². The second-order valence-electron chi connectivity index (χ2n) is 5.55. The van der Waals surface area contributed by atoms with Gasteiger partial charge in [-0.25, -0.2) is 13.6 Å². The number of aliphatic carboxylic acids is 1. The van der Waals surface area contributed by atoms with E-state index in [0.29, 0.717) is 0 Å². The van der Waals surface area contributed by atoms with Crippen LogP contribution in [0.2, 0.25) is 0 Å². The first-order valence-corrected chi connectivity index (χ1v) is 6.32. The van der Waals surface area contributed by atoms with E-state index in [1.54, 1.807) is 20.8 Å². The highest BCUT2D eigenvalue weighted by Crippen LogP contribution is 2.14. The number of carbonyl (C=O) groups is 2. The minimum absolute atomic E-state index is 0.119. The van der Waals surface area contributed by atoms with Gasteiger partial charge in [-0.3, -0.25) is 4.79 Å². The number of amides is 2. The van der Waals surface area contributed by atoms with Crippen LogP contribution in [0.25, 0.3) is 0 Å². The molecule has 1 aromatic carbocycles. The van der Waals surface area contributed by atoms with Crippen LogP contribution in [0.1, 0.15) is 26.3 Å². The van der Waals surface area contributed by atoms with E-state index in [2.05, 4.69) is 5.32 Å². The molecule has 0 aliphatic heterocycles. The van der Waals surface area contributed by atoms with Gasteiger partial charge in [-0.05, 0) is 26.8 Å². The number of hydrogen-bond acceptors (Lipinski definition) is 2. The number of urea groups is 1. The van der Waals surface area contributed by atoms with Gasteiger partial charge in [0, 0.05) is 23.7 Å². The fourth-order valence-electron chi connectivity index (χ4n) is 1.68. The molecule has 5 nitrogen and oxygen atoms in total. The summed E-state index contributed by atoms with van der Waals surface area (Å²) in [7, 11) is 0. The summed E-state index contributed by atoms with van der Waals surface area (Å²) in [5.41, 5.74) is -0.585. The maximum Gasteiger partial charge on any atom is 0.323 e. The van der Waals surface area contributed by atoms with Gasteiger partial charge in [0.15, 0.2) is 0 Å². The van der Waals surface area contributed by atoms with Crippen LogP contribution in [-0.2, 0) is 11.3 Å². The number of carbonyl (C=O) groups excluding carboxylic acids is 1. The highest BCUT2D eigenvalue weighted by Gasteiger charge is 2.28. The maximum absolute atomic E-state index is 13.4. The Hall–Kier alpha value is -2.18. The van der Waals surface area contributed by atoms with Gasteiger partial charge in [-0.15, -0.1) is 0 Å². The van der Waals surface area contributed by atoms with Crippen molar-refractivity contribution in [1.29, 1.82) is 0 Å². The van der Waals surface area contributed by atoms with Crippen LogP contribution in [0.5, 0.6) is 0 Å². The summed E-state index contributed by atoms with van der Waals surface area (Å²) in [6, 6.07) is 2.40. The van der Waals surface area contributed by atoms with Gasteiger partial charge in [0.05, 0.1) is 0 Å². The van der Waals surface area contributed by atoms with Gasteiger partial charge in [0.25, 0.3) is 0 Å². The zero-order chi connectivity index (χ0) is 16.2. The van der Waals surface area contributed by atoms with Crippen molar-refractivity contribution in [1.82, 2.24) is 10.2 Å². The topological polar surface area (TPSA) is 69.6 Å². The van der Waals surface area contributed by atoms with Crippen LogP contribution in [0.3, 0.4) is 0 Å². The molecular formula is C14H18F2N2O3. The summed E-state index contributed by atoms with van der Waals surface area (Å²) in [4.78, 5) is 24.0. The molecule has 0 aromatic heterocycles.